The van der Waals surface area contributed by atoms with E-state index in [0.29, 0.717) is 0 Å². The molecule has 10 heavy (non-hydrogen) atoms. The molecule has 1 atom stereocenters. The maximum Gasteiger partial charge on any atom is 0.0701 e. The third-order valence-corrected chi connectivity index (χ3v) is 3.08. The molecule has 0 radical (unpaired) electrons. The molecule has 1 aromatic rings. The normalized spacial score (nSPS) is 13.5. The topological polar surface area (TPSA) is 38.0 Å². The maximum absolute atomic E-state index is 5.25. The van der Waals surface area contributed by atoms with Gasteiger partial charge in [0.1, 0.15) is 0 Å². The standard InChI is InChI=1S/C6H9BrN2S/c1-4(9-8)5-2-3-6(7)10-5/h2-4,9H,8H2,1H3. The molecule has 1 rings (SSSR count). The van der Waals surface area contributed by atoms with Crippen molar-refractivity contribution in [3.63, 3.8) is 0 Å². The lowest BCUT2D eigenvalue weighted by atomic mass is 10.3. The number of hydrazine groups is 1. The fourth-order valence-electron chi connectivity index (χ4n) is 0.643. The van der Waals surface area contributed by atoms with Crippen LogP contribution in [-0.2, 0) is 0 Å². The first-order valence-electron chi connectivity index (χ1n) is 2.95. The Labute approximate surface area is 72.5 Å². The van der Waals surface area contributed by atoms with Crippen LogP contribution in [0.25, 0.3) is 0 Å². The summed E-state index contributed by atoms with van der Waals surface area (Å²) in [6.45, 7) is 2.03. The summed E-state index contributed by atoms with van der Waals surface area (Å²) in [5.74, 6) is 5.25. The van der Waals surface area contributed by atoms with Crippen molar-refractivity contribution in [2.24, 2.45) is 5.84 Å². The Kier molecular flexibility index (Phi) is 2.85. The molecule has 0 aromatic carbocycles. The SMILES string of the molecule is CC(NN)c1ccc(Br)s1. The van der Waals surface area contributed by atoms with Gasteiger partial charge < -0.3 is 0 Å². The first-order valence-corrected chi connectivity index (χ1v) is 4.56. The lowest BCUT2D eigenvalue weighted by molar-refractivity contribution is 0.612. The summed E-state index contributed by atoms with van der Waals surface area (Å²) in [6.07, 6.45) is 0. The molecular formula is C6H9BrN2S. The highest BCUT2D eigenvalue weighted by molar-refractivity contribution is 9.11. The lowest BCUT2D eigenvalue weighted by Crippen LogP contribution is -2.24. The molecular weight excluding hydrogens is 212 g/mol. The summed E-state index contributed by atoms with van der Waals surface area (Å²) in [5, 5.41) is 0. The zero-order chi connectivity index (χ0) is 7.56. The highest BCUT2D eigenvalue weighted by Gasteiger charge is 2.03. The van der Waals surface area contributed by atoms with Gasteiger partial charge in [0.2, 0.25) is 0 Å². The van der Waals surface area contributed by atoms with Crippen LogP contribution in [0.2, 0.25) is 0 Å². The predicted octanol–water partition coefficient (Wildman–Crippen LogP) is 2.03. The number of thiophene rings is 1. The van der Waals surface area contributed by atoms with Crippen LogP contribution >= 0.6 is 27.3 Å². The Morgan fingerprint density at radius 3 is 2.80 bits per heavy atom. The molecule has 0 saturated carbocycles. The van der Waals surface area contributed by atoms with Crippen molar-refractivity contribution in [2.75, 3.05) is 0 Å². The Hall–Kier alpha value is 0.1000. The summed E-state index contributed by atoms with van der Waals surface area (Å²) < 4.78 is 1.14. The minimum absolute atomic E-state index is 0.247. The molecule has 1 unspecified atom stereocenters. The summed E-state index contributed by atoms with van der Waals surface area (Å²) >= 11 is 5.07. The van der Waals surface area contributed by atoms with Gasteiger partial charge in [0.25, 0.3) is 0 Å². The van der Waals surface area contributed by atoms with E-state index >= 15 is 0 Å². The average molecular weight is 221 g/mol. The van der Waals surface area contributed by atoms with Gasteiger partial charge in [-0.05, 0) is 35.0 Å². The third kappa shape index (κ3) is 1.79. The molecule has 4 heteroatoms. The molecule has 1 heterocycles. The van der Waals surface area contributed by atoms with Gasteiger partial charge in [-0.3, -0.25) is 11.3 Å². The number of halogens is 1. The zero-order valence-electron chi connectivity index (χ0n) is 5.60. The largest absolute Gasteiger partial charge is 0.271 e. The molecule has 0 bridgehead atoms. The molecule has 0 saturated heterocycles. The molecule has 1 aromatic heterocycles. The number of nitrogens with one attached hydrogen (secondary N) is 1. The van der Waals surface area contributed by atoms with Crippen LogP contribution in [-0.4, -0.2) is 0 Å². The zero-order valence-corrected chi connectivity index (χ0v) is 8.00. The van der Waals surface area contributed by atoms with E-state index in [4.69, 9.17) is 5.84 Å². The molecule has 0 aliphatic heterocycles. The van der Waals surface area contributed by atoms with Gasteiger partial charge in [-0.15, -0.1) is 11.3 Å². The molecule has 3 N–H and O–H groups in total. The molecule has 0 amide bonds. The van der Waals surface area contributed by atoms with Gasteiger partial charge in [0.15, 0.2) is 0 Å². The minimum Gasteiger partial charge on any atom is -0.271 e. The van der Waals surface area contributed by atoms with Gasteiger partial charge in [-0.1, -0.05) is 0 Å². The van der Waals surface area contributed by atoms with Crippen LogP contribution in [0.5, 0.6) is 0 Å². The van der Waals surface area contributed by atoms with E-state index < -0.39 is 0 Å². The lowest BCUT2D eigenvalue weighted by Gasteiger charge is -2.04. The summed E-state index contributed by atoms with van der Waals surface area (Å²) in [5.41, 5.74) is 2.68. The number of hydrogen-bond acceptors (Lipinski definition) is 3. The average Bonchev–Trinajstić information content (AvgIpc) is 2.34. The second kappa shape index (κ2) is 3.48. The van der Waals surface area contributed by atoms with Gasteiger partial charge >= 0.3 is 0 Å². The van der Waals surface area contributed by atoms with Crippen LogP contribution in [0.4, 0.5) is 0 Å². The van der Waals surface area contributed by atoms with Gasteiger partial charge in [0.05, 0.1) is 9.83 Å². The molecule has 0 aliphatic carbocycles. The Morgan fingerprint density at radius 2 is 2.40 bits per heavy atom. The van der Waals surface area contributed by atoms with E-state index in [9.17, 15) is 0 Å². The Balaban J connectivity index is 2.74. The van der Waals surface area contributed by atoms with Gasteiger partial charge in [0, 0.05) is 4.88 Å². The second-order valence-corrected chi connectivity index (χ2v) is 4.52. The number of nitrogens with two attached hydrogens (primary N) is 1. The van der Waals surface area contributed by atoms with Crippen LogP contribution in [0, 0.1) is 0 Å². The molecule has 56 valence electrons. The van der Waals surface area contributed by atoms with Crippen molar-refractivity contribution in [1.29, 1.82) is 0 Å². The van der Waals surface area contributed by atoms with Gasteiger partial charge in [-0.2, -0.15) is 0 Å². The van der Waals surface area contributed by atoms with Crippen molar-refractivity contribution in [3.05, 3.63) is 20.8 Å². The smallest absolute Gasteiger partial charge is 0.0701 e. The Bertz CT molecular complexity index is 211. The van der Waals surface area contributed by atoms with E-state index in [1.165, 1.54) is 4.88 Å². The molecule has 0 aliphatic rings. The van der Waals surface area contributed by atoms with Crippen LogP contribution in [0.15, 0.2) is 15.9 Å². The van der Waals surface area contributed by atoms with E-state index in [2.05, 4.69) is 27.4 Å². The van der Waals surface area contributed by atoms with Crippen LogP contribution in [0.1, 0.15) is 17.8 Å². The fraction of sp³-hybridized carbons (Fsp3) is 0.333. The van der Waals surface area contributed by atoms with E-state index in [1.807, 2.05) is 13.0 Å². The minimum atomic E-state index is 0.247. The molecule has 0 fully saturated rings. The fourth-order valence-corrected chi connectivity index (χ4v) is 2.08. The predicted molar refractivity (Wildman–Crippen MR) is 47.8 cm³/mol. The van der Waals surface area contributed by atoms with E-state index in [-0.39, 0.29) is 6.04 Å². The third-order valence-electron chi connectivity index (χ3n) is 1.27. The number of hydrogen-bond donors (Lipinski definition) is 2. The van der Waals surface area contributed by atoms with Crippen molar-refractivity contribution in [2.45, 2.75) is 13.0 Å². The van der Waals surface area contributed by atoms with Crippen LogP contribution < -0.4 is 11.3 Å². The highest BCUT2D eigenvalue weighted by atomic mass is 79.9. The van der Waals surface area contributed by atoms with E-state index in [0.717, 1.165) is 3.79 Å². The number of rotatable bonds is 2. The van der Waals surface area contributed by atoms with Gasteiger partial charge in [-0.25, -0.2) is 0 Å². The van der Waals surface area contributed by atoms with Crippen LogP contribution in [0.3, 0.4) is 0 Å². The molecule has 0 spiro atoms. The maximum atomic E-state index is 5.25. The Morgan fingerprint density at radius 1 is 1.70 bits per heavy atom. The summed E-state index contributed by atoms with van der Waals surface area (Å²) in [4.78, 5) is 1.24. The van der Waals surface area contributed by atoms with Crippen molar-refractivity contribution < 1.29 is 0 Å². The van der Waals surface area contributed by atoms with Crippen molar-refractivity contribution >= 4 is 27.3 Å². The quantitative estimate of drug-likeness (QED) is 0.592. The first-order chi connectivity index (χ1) is 4.74. The first kappa shape index (κ1) is 8.20. The summed E-state index contributed by atoms with van der Waals surface area (Å²) in [7, 11) is 0. The van der Waals surface area contributed by atoms with Crippen molar-refractivity contribution in [3.8, 4) is 0 Å². The van der Waals surface area contributed by atoms with Crippen molar-refractivity contribution in [1.82, 2.24) is 5.43 Å². The summed E-state index contributed by atoms with van der Waals surface area (Å²) in [6, 6.07) is 4.32. The van der Waals surface area contributed by atoms with E-state index in [1.54, 1.807) is 11.3 Å². The molecule has 2 nitrogen and oxygen atoms in total. The monoisotopic (exact) mass is 220 g/mol. The highest BCUT2D eigenvalue weighted by Crippen LogP contribution is 2.26. The second-order valence-electron chi connectivity index (χ2n) is 2.03.